The molecule has 0 saturated carbocycles. The van der Waals surface area contributed by atoms with Crippen molar-refractivity contribution in [2.45, 2.75) is 12.8 Å². The summed E-state index contributed by atoms with van der Waals surface area (Å²) in [6, 6.07) is 20.2. The molecule has 15 rings (SSSR count). The average Bonchev–Trinajstić information content (AvgIpc) is 4.19. The average molecular weight is 839 g/mol. The Balaban J connectivity index is 1.07. The zero-order chi connectivity index (χ0) is 42.3. The number of fused-ring (bicyclic) bond motifs is 15. The van der Waals surface area contributed by atoms with Gasteiger partial charge in [0.1, 0.15) is 22.8 Å². The van der Waals surface area contributed by atoms with E-state index in [0.29, 0.717) is 80.5 Å². The van der Waals surface area contributed by atoms with E-state index in [2.05, 4.69) is 56.3 Å². The van der Waals surface area contributed by atoms with Gasteiger partial charge in [0.2, 0.25) is 0 Å². The Morgan fingerprint density at radius 3 is 1.25 bits per heavy atom. The number of hydrogen-bond acceptors (Lipinski definition) is 13. The number of hydrogen-bond donors (Lipinski definition) is 0. The standard InChI is InChI=1S/C52H26N10O3/c1-9-53-21-25-17-35-29(27(1)25)5-13-57-43(35)39-19-37-38-20-40(44-36-18-26-22-54-10-2-28(26)30(36)6-14-58-44)62-48(46-50-34(8-16-60-46)32-4-12-56-24-42(32)64-50)52(38)65-51(37)47(61-39)45-49-33(7-15-59-45)31-3-11-55-23-41(31)63-49/h1-16,19-24H,17-18H2. The van der Waals surface area contributed by atoms with Crippen molar-refractivity contribution in [3.8, 4) is 67.8 Å². The van der Waals surface area contributed by atoms with Gasteiger partial charge in [0, 0.05) is 107 Å². The van der Waals surface area contributed by atoms with Gasteiger partial charge in [-0.15, -0.1) is 0 Å². The Hall–Kier alpha value is -9.10. The van der Waals surface area contributed by atoms with Crippen molar-refractivity contribution in [2.24, 2.45) is 0 Å². The van der Waals surface area contributed by atoms with E-state index in [0.717, 1.165) is 88.2 Å². The highest BCUT2D eigenvalue weighted by atomic mass is 16.3. The van der Waals surface area contributed by atoms with Crippen LogP contribution in [0.3, 0.4) is 0 Å². The Morgan fingerprint density at radius 2 is 0.738 bits per heavy atom. The van der Waals surface area contributed by atoms with Gasteiger partial charge in [-0.05, 0) is 105 Å². The van der Waals surface area contributed by atoms with Crippen LogP contribution < -0.4 is 0 Å². The van der Waals surface area contributed by atoms with E-state index in [4.69, 9.17) is 43.2 Å². The molecule has 0 atom stereocenters. The van der Waals surface area contributed by atoms with Crippen molar-refractivity contribution in [2.75, 3.05) is 0 Å². The van der Waals surface area contributed by atoms with E-state index in [-0.39, 0.29) is 0 Å². The van der Waals surface area contributed by atoms with Crippen LogP contribution in [0.1, 0.15) is 22.3 Å². The first kappa shape index (κ1) is 34.5. The summed E-state index contributed by atoms with van der Waals surface area (Å²) in [6.45, 7) is 0. The second-order valence-corrected chi connectivity index (χ2v) is 16.4. The van der Waals surface area contributed by atoms with Crippen LogP contribution in [0.4, 0.5) is 0 Å². The SMILES string of the molecule is c1cc2c(cn1)Cc1c-2ccnc1-c1cc2c(oc3c(-c4nccc5c4oc4cnccc45)nc(-c4nccc5c4Cc4cnccc4-5)cc32)c(-c2nccc3c2oc2cnccc23)n1. The van der Waals surface area contributed by atoms with Gasteiger partial charge in [0.25, 0.3) is 0 Å². The van der Waals surface area contributed by atoms with Gasteiger partial charge in [-0.1, -0.05) is 0 Å². The summed E-state index contributed by atoms with van der Waals surface area (Å²) in [5, 5.41) is 5.15. The van der Waals surface area contributed by atoms with Crippen LogP contribution in [0, 0.1) is 0 Å². The summed E-state index contributed by atoms with van der Waals surface area (Å²) in [5.41, 5.74) is 17.1. The largest absolute Gasteiger partial charge is 0.452 e. The smallest absolute Gasteiger partial charge is 0.163 e. The Kier molecular flexibility index (Phi) is 6.76. The van der Waals surface area contributed by atoms with Crippen molar-refractivity contribution < 1.29 is 13.3 Å². The fourth-order valence-corrected chi connectivity index (χ4v) is 10.1. The maximum Gasteiger partial charge on any atom is 0.163 e. The summed E-state index contributed by atoms with van der Waals surface area (Å²) in [4.78, 5) is 48.4. The number of furan rings is 3. The third kappa shape index (κ3) is 4.80. The monoisotopic (exact) mass is 838 g/mol. The van der Waals surface area contributed by atoms with Crippen molar-refractivity contribution in [3.63, 3.8) is 0 Å². The van der Waals surface area contributed by atoms with E-state index >= 15 is 0 Å². The van der Waals surface area contributed by atoms with Crippen LogP contribution in [0.25, 0.3) is 134 Å². The maximum absolute atomic E-state index is 7.17. The first-order chi connectivity index (χ1) is 32.2. The first-order valence-corrected chi connectivity index (χ1v) is 21.1. The highest BCUT2D eigenvalue weighted by Crippen LogP contribution is 2.48. The van der Waals surface area contributed by atoms with Crippen molar-refractivity contribution in [1.29, 1.82) is 0 Å². The third-order valence-electron chi connectivity index (χ3n) is 13.0. The van der Waals surface area contributed by atoms with E-state index < -0.39 is 0 Å². The molecule has 0 fully saturated rings. The molecule has 13 heteroatoms. The fourth-order valence-electron chi connectivity index (χ4n) is 10.1. The van der Waals surface area contributed by atoms with Crippen LogP contribution in [0.5, 0.6) is 0 Å². The van der Waals surface area contributed by atoms with Gasteiger partial charge in [0.15, 0.2) is 33.5 Å². The second-order valence-electron chi connectivity index (χ2n) is 16.4. The van der Waals surface area contributed by atoms with E-state index in [1.807, 2.05) is 61.4 Å². The molecule has 0 aromatic carbocycles. The zero-order valence-electron chi connectivity index (χ0n) is 33.8. The molecule has 0 saturated heterocycles. The van der Waals surface area contributed by atoms with Crippen LogP contribution in [0.2, 0.25) is 0 Å². The molecule has 2 aliphatic rings. The molecule has 0 bridgehead atoms. The molecule has 302 valence electrons. The molecule has 13 nitrogen and oxygen atoms in total. The molecule has 65 heavy (non-hydrogen) atoms. The Labute approximate surface area is 365 Å². The molecule has 0 amide bonds. The van der Waals surface area contributed by atoms with Crippen LogP contribution in [0.15, 0.2) is 148 Å². The fraction of sp³-hybridized carbons (Fsp3) is 0.0385. The number of pyridine rings is 10. The van der Waals surface area contributed by atoms with Gasteiger partial charge in [-0.2, -0.15) is 0 Å². The minimum Gasteiger partial charge on any atom is -0.452 e. The number of nitrogens with zero attached hydrogens (tertiary/aromatic N) is 10. The first-order valence-electron chi connectivity index (χ1n) is 21.1. The molecular weight excluding hydrogens is 813 g/mol. The van der Waals surface area contributed by atoms with Gasteiger partial charge >= 0.3 is 0 Å². The van der Waals surface area contributed by atoms with Crippen molar-refractivity contribution in [3.05, 3.63) is 157 Å². The van der Waals surface area contributed by atoms with Crippen LogP contribution >= 0.6 is 0 Å². The van der Waals surface area contributed by atoms with Crippen molar-refractivity contribution in [1.82, 2.24) is 49.8 Å². The molecule has 2 aliphatic carbocycles. The normalized spacial score (nSPS) is 12.8. The molecule has 13 aromatic rings. The number of rotatable bonds is 4. The molecular formula is C52H26N10O3. The molecule has 0 aliphatic heterocycles. The van der Waals surface area contributed by atoms with E-state index in [1.54, 1.807) is 37.2 Å². The third-order valence-corrected chi connectivity index (χ3v) is 13.0. The lowest BCUT2D eigenvalue weighted by Gasteiger charge is -2.10. The lowest BCUT2D eigenvalue weighted by molar-refractivity contribution is 0.658. The van der Waals surface area contributed by atoms with Crippen LogP contribution in [-0.2, 0) is 12.8 Å². The Morgan fingerprint density at radius 1 is 0.338 bits per heavy atom. The molecule has 13 heterocycles. The summed E-state index contributed by atoms with van der Waals surface area (Å²) < 4.78 is 20.3. The van der Waals surface area contributed by atoms with Gasteiger partial charge in [-0.3, -0.25) is 39.9 Å². The topological polar surface area (TPSA) is 168 Å². The van der Waals surface area contributed by atoms with Gasteiger partial charge in [0.05, 0.1) is 35.2 Å². The molecule has 0 radical (unpaired) electrons. The lowest BCUT2D eigenvalue weighted by atomic mass is 10.0. The molecule has 0 N–H and O–H groups in total. The Bertz CT molecular complexity index is 3960. The molecule has 13 aromatic heterocycles. The summed E-state index contributed by atoms with van der Waals surface area (Å²) >= 11 is 0. The highest BCUT2D eigenvalue weighted by Gasteiger charge is 2.30. The maximum atomic E-state index is 7.17. The predicted molar refractivity (Wildman–Crippen MR) is 244 cm³/mol. The minimum atomic E-state index is 0.484. The van der Waals surface area contributed by atoms with Gasteiger partial charge in [-0.25, -0.2) is 9.97 Å². The number of aromatic nitrogens is 10. The van der Waals surface area contributed by atoms with Gasteiger partial charge < -0.3 is 13.3 Å². The minimum absolute atomic E-state index is 0.484. The summed E-state index contributed by atoms with van der Waals surface area (Å²) in [5.74, 6) is 0. The van der Waals surface area contributed by atoms with E-state index in [1.165, 1.54) is 0 Å². The second kappa shape index (κ2) is 12.7. The highest BCUT2D eigenvalue weighted by molar-refractivity contribution is 6.17. The molecule has 0 spiro atoms. The zero-order valence-corrected chi connectivity index (χ0v) is 33.8. The lowest BCUT2D eigenvalue weighted by Crippen LogP contribution is -1.98. The van der Waals surface area contributed by atoms with E-state index in [9.17, 15) is 0 Å². The quantitative estimate of drug-likeness (QED) is 0.164. The summed E-state index contributed by atoms with van der Waals surface area (Å²) in [7, 11) is 0. The van der Waals surface area contributed by atoms with Crippen LogP contribution in [-0.4, -0.2) is 49.8 Å². The predicted octanol–water partition coefficient (Wildman–Crippen LogP) is 11.1. The molecule has 0 unspecified atom stereocenters. The van der Waals surface area contributed by atoms with Crippen molar-refractivity contribution >= 4 is 65.8 Å². The summed E-state index contributed by atoms with van der Waals surface area (Å²) in [6.07, 6.45) is 23.0.